The van der Waals surface area contributed by atoms with Gasteiger partial charge in [0.25, 0.3) is 0 Å². The van der Waals surface area contributed by atoms with Gasteiger partial charge in [0.05, 0.1) is 0 Å². The molecule has 2 bridgehead atoms. The minimum atomic E-state index is 0.442. The summed E-state index contributed by atoms with van der Waals surface area (Å²) < 4.78 is 0.442. The van der Waals surface area contributed by atoms with Gasteiger partial charge < -0.3 is 5.32 Å². The lowest BCUT2D eigenvalue weighted by atomic mass is 9.91. The molecule has 2 aliphatic rings. The first-order valence-electron chi connectivity index (χ1n) is 4.52. The molecule has 2 heteroatoms. The fourth-order valence-electron chi connectivity index (χ4n) is 2.62. The molecule has 0 aromatic carbocycles. The van der Waals surface area contributed by atoms with Crippen LogP contribution in [-0.4, -0.2) is 15.5 Å². The molecule has 0 radical (unpaired) electrons. The van der Waals surface area contributed by atoms with Crippen LogP contribution in [0, 0.1) is 5.92 Å². The van der Waals surface area contributed by atoms with Gasteiger partial charge in [-0.2, -0.15) is 0 Å². The predicted molar refractivity (Wildman–Crippen MR) is 56.2 cm³/mol. The van der Waals surface area contributed by atoms with Crippen molar-refractivity contribution in [2.75, 3.05) is 0 Å². The Kier molecular flexibility index (Phi) is 1.95. The maximum Gasteiger partial charge on any atom is 0.0321 e. The lowest BCUT2D eigenvalue weighted by Gasteiger charge is -2.33. The number of hydrogen-bond acceptors (Lipinski definition) is 1. The number of piperidine rings is 1. The first-order chi connectivity index (χ1) is 5.07. The Morgan fingerprint density at radius 3 is 2.36 bits per heavy atom. The third-order valence-corrected chi connectivity index (χ3v) is 3.77. The number of hydrogen-bond donors (Lipinski definition) is 1. The van der Waals surface area contributed by atoms with E-state index in [1.54, 1.807) is 0 Å². The van der Waals surface area contributed by atoms with Crippen molar-refractivity contribution in [2.45, 2.75) is 48.6 Å². The summed E-state index contributed by atoms with van der Waals surface area (Å²) in [7, 11) is 0. The SMILES string of the molecule is CC(C)(I)C1N[C@@H]2CC[C@H]1C2. The molecule has 2 rings (SSSR count). The predicted octanol–water partition coefficient (Wildman–Crippen LogP) is 2.34. The van der Waals surface area contributed by atoms with Crippen LogP contribution >= 0.6 is 22.6 Å². The first-order valence-corrected chi connectivity index (χ1v) is 5.60. The maximum atomic E-state index is 3.72. The smallest absolute Gasteiger partial charge is 0.0321 e. The van der Waals surface area contributed by atoms with E-state index in [0.717, 1.165) is 18.0 Å². The summed E-state index contributed by atoms with van der Waals surface area (Å²) in [6.45, 7) is 4.68. The van der Waals surface area contributed by atoms with Crippen LogP contribution in [0.3, 0.4) is 0 Å². The Balaban J connectivity index is 2.08. The molecule has 3 atom stereocenters. The van der Waals surface area contributed by atoms with Crippen molar-refractivity contribution >= 4 is 22.6 Å². The third-order valence-electron chi connectivity index (χ3n) is 3.10. The van der Waals surface area contributed by atoms with Crippen LogP contribution in [0.2, 0.25) is 0 Å². The zero-order valence-electron chi connectivity index (χ0n) is 7.23. The van der Waals surface area contributed by atoms with Gasteiger partial charge in [-0.05, 0) is 39.0 Å². The van der Waals surface area contributed by atoms with Crippen molar-refractivity contribution in [3.8, 4) is 0 Å². The average Bonchev–Trinajstić information content (AvgIpc) is 2.42. The molecular weight excluding hydrogens is 249 g/mol. The van der Waals surface area contributed by atoms with Crippen LogP contribution in [0.5, 0.6) is 0 Å². The first kappa shape index (κ1) is 8.30. The van der Waals surface area contributed by atoms with Gasteiger partial charge >= 0.3 is 0 Å². The largest absolute Gasteiger partial charge is 0.310 e. The topological polar surface area (TPSA) is 12.0 Å². The Bertz CT molecular complexity index is 161. The molecule has 1 unspecified atom stereocenters. The molecule has 1 N–H and O–H groups in total. The van der Waals surface area contributed by atoms with E-state index in [1.807, 2.05) is 0 Å². The second-order valence-corrected chi connectivity index (χ2v) is 7.26. The molecule has 1 aliphatic carbocycles. The zero-order chi connectivity index (χ0) is 8.06. The Morgan fingerprint density at radius 2 is 2.09 bits per heavy atom. The van der Waals surface area contributed by atoms with Crippen LogP contribution in [-0.2, 0) is 0 Å². The van der Waals surface area contributed by atoms with E-state index in [0.29, 0.717) is 3.42 Å². The second kappa shape index (κ2) is 2.59. The van der Waals surface area contributed by atoms with Crippen molar-refractivity contribution in [1.82, 2.24) is 5.32 Å². The van der Waals surface area contributed by atoms with Crippen molar-refractivity contribution < 1.29 is 0 Å². The van der Waals surface area contributed by atoms with Crippen molar-refractivity contribution in [2.24, 2.45) is 5.92 Å². The highest BCUT2D eigenvalue weighted by Crippen LogP contribution is 2.42. The normalized spacial score (nSPS) is 43.4. The molecule has 1 heterocycles. The highest BCUT2D eigenvalue weighted by atomic mass is 127. The van der Waals surface area contributed by atoms with Crippen LogP contribution in [0.15, 0.2) is 0 Å². The van der Waals surface area contributed by atoms with Gasteiger partial charge in [-0.1, -0.05) is 22.6 Å². The van der Waals surface area contributed by atoms with E-state index in [-0.39, 0.29) is 0 Å². The van der Waals surface area contributed by atoms with Gasteiger partial charge in [0, 0.05) is 15.5 Å². The van der Waals surface area contributed by atoms with Crippen molar-refractivity contribution in [1.29, 1.82) is 0 Å². The van der Waals surface area contributed by atoms with E-state index in [9.17, 15) is 0 Å². The molecule has 2 fully saturated rings. The van der Waals surface area contributed by atoms with Crippen LogP contribution in [0.4, 0.5) is 0 Å². The zero-order valence-corrected chi connectivity index (χ0v) is 9.39. The summed E-state index contributed by atoms with van der Waals surface area (Å²) in [5.41, 5.74) is 0. The molecule has 1 nitrogen and oxygen atoms in total. The molecule has 1 aliphatic heterocycles. The van der Waals surface area contributed by atoms with E-state index in [1.165, 1.54) is 19.3 Å². The third kappa shape index (κ3) is 1.44. The van der Waals surface area contributed by atoms with Crippen molar-refractivity contribution in [3.63, 3.8) is 0 Å². The highest BCUT2D eigenvalue weighted by molar-refractivity contribution is 14.1. The molecule has 0 aromatic rings. The minimum absolute atomic E-state index is 0.442. The summed E-state index contributed by atoms with van der Waals surface area (Å²) in [6, 6.07) is 1.64. The number of rotatable bonds is 1. The van der Waals surface area contributed by atoms with E-state index >= 15 is 0 Å². The lowest BCUT2D eigenvalue weighted by molar-refractivity contribution is 0.340. The molecule has 11 heavy (non-hydrogen) atoms. The lowest BCUT2D eigenvalue weighted by Crippen LogP contribution is -2.46. The average molecular weight is 265 g/mol. The Labute approximate surface area is 82.5 Å². The number of fused-ring (bicyclic) bond motifs is 2. The summed E-state index contributed by atoms with van der Waals surface area (Å²) in [6.07, 6.45) is 4.33. The van der Waals surface area contributed by atoms with Gasteiger partial charge in [0.1, 0.15) is 0 Å². The molecule has 0 amide bonds. The fourth-order valence-corrected chi connectivity index (χ4v) is 3.31. The summed E-state index contributed by atoms with van der Waals surface area (Å²) in [5, 5.41) is 3.72. The number of alkyl halides is 1. The van der Waals surface area contributed by atoms with Gasteiger partial charge in [-0.3, -0.25) is 0 Å². The van der Waals surface area contributed by atoms with Crippen LogP contribution < -0.4 is 5.32 Å². The van der Waals surface area contributed by atoms with E-state index < -0.39 is 0 Å². The second-order valence-electron chi connectivity index (χ2n) is 4.48. The number of nitrogens with one attached hydrogen (secondary N) is 1. The maximum absolute atomic E-state index is 3.72. The molecule has 1 saturated heterocycles. The summed E-state index contributed by atoms with van der Waals surface area (Å²) in [5.74, 6) is 0.979. The van der Waals surface area contributed by atoms with E-state index in [4.69, 9.17) is 0 Å². The molecule has 0 spiro atoms. The van der Waals surface area contributed by atoms with Gasteiger partial charge in [-0.15, -0.1) is 0 Å². The van der Waals surface area contributed by atoms with Crippen LogP contribution in [0.25, 0.3) is 0 Å². The molecule has 0 aromatic heterocycles. The highest BCUT2D eigenvalue weighted by Gasteiger charge is 2.44. The summed E-state index contributed by atoms with van der Waals surface area (Å²) >= 11 is 2.58. The van der Waals surface area contributed by atoms with Gasteiger partial charge in [0.2, 0.25) is 0 Å². The fraction of sp³-hybridized carbons (Fsp3) is 1.00. The van der Waals surface area contributed by atoms with Crippen LogP contribution in [0.1, 0.15) is 33.1 Å². The quantitative estimate of drug-likeness (QED) is 0.567. The van der Waals surface area contributed by atoms with Crippen molar-refractivity contribution in [3.05, 3.63) is 0 Å². The summed E-state index contributed by atoms with van der Waals surface area (Å²) in [4.78, 5) is 0. The Hall–Kier alpha value is 0.690. The van der Waals surface area contributed by atoms with Gasteiger partial charge in [0.15, 0.2) is 0 Å². The van der Waals surface area contributed by atoms with Gasteiger partial charge in [-0.25, -0.2) is 0 Å². The molecule has 1 saturated carbocycles. The minimum Gasteiger partial charge on any atom is -0.310 e. The Morgan fingerprint density at radius 1 is 1.36 bits per heavy atom. The monoisotopic (exact) mass is 265 g/mol. The number of halogens is 1. The van der Waals surface area contributed by atoms with E-state index in [2.05, 4.69) is 41.8 Å². The molecular formula is C9H16IN. The standard InChI is InChI=1S/C9H16IN/c1-9(2,10)8-6-3-4-7(5-6)11-8/h6-8,11H,3-5H2,1-2H3/t6-,7+,8?/m0/s1. The molecule has 64 valence electrons.